The number of anilines is 1. The van der Waals surface area contributed by atoms with E-state index in [-0.39, 0.29) is 0 Å². The number of aromatic amines is 1. The predicted octanol–water partition coefficient (Wildman–Crippen LogP) is 3.33. The van der Waals surface area contributed by atoms with Gasteiger partial charge in [-0.2, -0.15) is 5.26 Å². The average Bonchev–Trinajstić information content (AvgIpc) is 2.81. The van der Waals surface area contributed by atoms with Crippen molar-refractivity contribution in [1.82, 2.24) is 9.88 Å². The van der Waals surface area contributed by atoms with Crippen LogP contribution in [0.15, 0.2) is 42.6 Å². The number of nitriles is 1. The number of hydrogen-bond acceptors (Lipinski definition) is 4. The summed E-state index contributed by atoms with van der Waals surface area (Å²) in [6.45, 7) is 4.92. The first-order valence-electron chi connectivity index (χ1n) is 7.91. The maximum absolute atomic E-state index is 9.37. The number of nitrogens with one attached hydrogen (secondary N) is 1. The van der Waals surface area contributed by atoms with Gasteiger partial charge in [0.1, 0.15) is 16.3 Å². The first-order valence-corrected chi connectivity index (χ1v) is 8.32. The molecule has 0 bridgehead atoms. The van der Waals surface area contributed by atoms with Crippen LogP contribution >= 0.6 is 12.2 Å². The summed E-state index contributed by atoms with van der Waals surface area (Å²) < 4.78 is 0.524. The Hall–Kier alpha value is -2.16. The molecule has 0 unspecified atom stereocenters. The van der Waals surface area contributed by atoms with Crippen molar-refractivity contribution in [3.8, 4) is 6.07 Å². The van der Waals surface area contributed by atoms with Gasteiger partial charge in [-0.25, -0.2) is 0 Å². The Kier molecular flexibility index (Phi) is 5.06. The predicted molar refractivity (Wildman–Crippen MR) is 94.9 cm³/mol. The molecule has 0 amide bonds. The third-order valence-electron chi connectivity index (χ3n) is 4.23. The second-order valence-electron chi connectivity index (χ2n) is 5.78. The summed E-state index contributed by atoms with van der Waals surface area (Å²) >= 11 is 5.24. The highest BCUT2D eigenvalue weighted by atomic mass is 32.1. The molecule has 1 aromatic carbocycles. The molecule has 1 aromatic heterocycles. The number of rotatable bonds is 3. The van der Waals surface area contributed by atoms with Gasteiger partial charge in [-0.15, -0.1) is 0 Å². The molecule has 4 nitrogen and oxygen atoms in total. The van der Waals surface area contributed by atoms with E-state index < -0.39 is 0 Å². The van der Waals surface area contributed by atoms with Crippen LogP contribution in [-0.2, 0) is 6.54 Å². The van der Waals surface area contributed by atoms with Gasteiger partial charge in [0.25, 0.3) is 0 Å². The van der Waals surface area contributed by atoms with Gasteiger partial charge in [0.05, 0.1) is 5.69 Å². The van der Waals surface area contributed by atoms with E-state index in [1.807, 2.05) is 12.3 Å². The Morgan fingerprint density at radius 3 is 2.70 bits per heavy atom. The number of benzene rings is 1. The second kappa shape index (κ2) is 7.40. The van der Waals surface area contributed by atoms with E-state index in [9.17, 15) is 5.26 Å². The Balaban J connectivity index is 1.71. The third-order valence-corrected chi connectivity index (χ3v) is 4.55. The van der Waals surface area contributed by atoms with Gasteiger partial charge < -0.3 is 9.88 Å². The van der Waals surface area contributed by atoms with Crippen molar-refractivity contribution in [3.05, 3.63) is 58.4 Å². The van der Waals surface area contributed by atoms with Crippen LogP contribution in [0.25, 0.3) is 0 Å². The van der Waals surface area contributed by atoms with E-state index in [4.69, 9.17) is 12.2 Å². The Morgan fingerprint density at radius 1 is 1.09 bits per heavy atom. The Morgan fingerprint density at radius 2 is 1.91 bits per heavy atom. The van der Waals surface area contributed by atoms with Crippen LogP contribution in [0.2, 0.25) is 0 Å². The highest BCUT2D eigenvalue weighted by Gasteiger charge is 2.18. The fraction of sp³-hybridized carbons (Fsp3) is 0.333. The molecule has 23 heavy (non-hydrogen) atoms. The van der Waals surface area contributed by atoms with E-state index in [0.29, 0.717) is 10.2 Å². The topological polar surface area (TPSA) is 46.1 Å². The summed E-state index contributed by atoms with van der Waals surface area (Å²) in [6, 6.07) is 14.8. The maximum atomic E-state index is 9.37. The lowest BCUT2D eigenvalue weighted by molar-refractivity contribution is 0.285. The van der Waals surface area contributed by atoms with Crippen molar-refractivity contribution >= 4 is 17.9 Å². The van der Waals surface area contributed by atoms with Crippen molar-refractivity contribution in [2.24, 2.45) is 0 Å². The van der Waals surface area contributed by atoms with Gasteiger partial charge in [-0.05, 0) is 18.1 Å². The number of pyridine rings is 1. The molecular weight excluding hydrogens is 304 g/mol. The molecule has 1 aliphatic heterocycles. The Labute approximate surface area is 142 Å². The lowest BCUT2D eigenvalue weighted by Crippen LogP contribution is -2.31. The first kappa shape index (κ1) is 15.7. The fourth-order valence-corrected chi connectivity index (χ4v) is 3.27. The van der Waals surface area contributed by atoms with Crippen LogP contribution in [0, 0.1) is 16.0 Å². The molecule has 2 aromatic rings. The quantitative estimate of drug-likeness (QED) is 0.880. The molecule has 3 rings (SSSR count). The zero-order valence-electron chi connectivity index (χ0n) is 13.0. The van der Waals surface area contributed by atoms with Crippen molar-refractivity contribution in [2.45, 2.75) is 13.0 Å². The van der Waals surface area contributed by atoms with Crippen LogP contribution in [0.4, 0.5) is 5.69 Å². The average molecular weight is 324 g/mol. The van der Waals surface area contributed by atoms with E-state index in [1.165, 1.54) is 5.56 Å². The van der Waals surface area contributed by atoms with Crippen LogP contribution in [0.5, 0.6) is 0 Å². The van der Waals surface area contributed by atoms with Gasteiger partial charge in [0, 0.05) is 38.9 Å². The van der Waals surface area contributed by atoms with Gasteiger partial charge in [-0.3, -0.25) is 4.90 Å². The summed E-state index contributed by atoms with van der Waals surface area (Å²) in [6.07, 6.45) is 2.91. The van der Waals surface area contributed by atoms with Crippen LogP contribution in [0.3, 0.4) is 0 Å². The molecule has 1 N–H and O–H groups in total. The summed E-state index contributed by atoms with van der Waals surface area (Å²) in [7, 11) is 0. The van der Waals surface area contributed by atoms with Gasteiger partial charge in [-0.1, -0.05) is 42.5 Å². The van der Waals surface area contributed by atoms with Crippen LogP contribution in [0.1, 0.15) is 17.5 Å². The Bertz CT molecular complexity index is 748. The molecular formula is C18H20N4S. The minimum Gasteiger partial charge on any atom is -0.369 e. The minimum absolute atomic E-state index is 0.524. The number of aromatic nitrogens is 1. The van der Waals surface area contributed by atoms with Crippen molar-refractivity contribution < 1.29 is 0 Å². The summed E-state index contributed by atoms with van der Waals surface area (Å²) in [5.74, 6) is 0. The molecule has 0 radical (unpaired) electrons. The minimum atomic E-state index is 0.524. The molecule has 1 fully saturated rings. The van der Waals surface area contributed by atoms with Crippen molar-refractivity contribution in [2.75, 3.05) is 31.1 Å². The summed E-state index contributed by atoms with van der Waals surface area (Å²) in [5.41, 5.74) is 2.89. The third kappa shape index (κ3) is 3.79. The van der Waals surface area contributed by atoms with Crippen molar-refractivity contribution in [1.29, 1.82) is 5.26 Å². The molecule has 0 saturated carbocycles. The number of hydrogen-bond donors (Lipinski definition) is 1. The molecule has 1 saturated heterocycles. The van der Waals surface area contributed by atoms with Crippen LogP contribution < -0.4 is 4.90 Å². The van der Waals surface area contributed by atoms with Gasteiger partial charge >= 0.3 is 0 Å². The SMILES string of the molecule is N#Cc1c(N2CCCN(Cc3ccccc3)CC2)cc[nH]c1=S. The molecule has 0 spiro atoms. The lowest BCUT2D eigenvalue weighted by atomic mass is 10.2. The molecule has 0 atom stereocenters. The molecule has 0 aliphatic carbocycles. The van der Waals surface area contributed by atoms with Gasteiger partial charge in [0.15, 0.2) is 0 Å². The standard InChI is InChI=1S/C18H20N4S/c19-13-16-17(7-8-20-18(16)23)22-10-4-9-21(11-12-22)14-15-5-2-1-3-6-15/h1-3,5-8H,4,9-12,14H2,(H,20,23). The van der Waals surface area contributed by atoms with Crippen molar-refractivity contribution in [3.63, 3.8) is 0 Å². The second-order valence-corrected chi connectivity index (χ2v) is 6.19. The molecule has 5 heteroatoms. The highest BCUT2D eigenvalue weighted by Crippen LogP contribution is 2.21. The van der Waals surface area contributed by atoms with E-state index in [0.717, 1.165) is 44.8 Å². The monoisotopic (exact) mass is 324 g/mol. The zero-order valence-corrected chi connectivity index (χ0v) is 13.9. The normalized spacial score (nSPS) is 15.9. The van der Waals surface area contributed by atoms with Crippen LogP contribution in [-0.4, -0.2) is 36.1 Å². The maximum Gasteiger partial charge on any atom is 0.123 e. The van der Waals surface area contributed by atoms with E-state index in [1.54, 1.807) is 0 Å². The molecule has 1 aliphatic rings. The van der Waals surface area contributed by atoms with E-state index >= 15 is 0 Å². The molecule has 118 valence electrons. The zero-order chi connectivity index (χ0) is 16.1. The largest absolute Gasteiger partial charge is 0.369 e. The smallest absolute Gasteiger partial charge is 0.123 e. The molecule has 2 heterocycles. The fourth-order valence-electron chi connectivity index (χ4n) is 3.05. The summed E-state index contributed by atoms with van der Waals surface area (Å²) in [5, 5.41) is 9.37. The van der Waals surface area contributed by atoms with Gasteiger partial charge in [0.2, 0.25) is 0 Å². The lowest BCUT2D eigenvalue weighted by Gasteiger charge is -2.24. The number of nitrogens with zero attached hydrogens (tertiary/aromatic N) is 3. The summed E-state index contributed by atoms with van der Waals surface area (Å²) in [4.78, 5) is 7.70. The number of H-pyrrole nitrogens is 1. The van der Waals surface area contributed by atoms with E-state index in [2.05, 4.69) is 51.2 Å². The first-order chi connectivity index (χ1) is 11.3. The highest BCUT2D eigenvalue weighted by molar-refractivity contribution is 7.71.